The van der Waals surface area contributed by atoms with Gasteiger partial charge in [-0.05, 0) is 18.2 Å². The summed E-state index contributed by atoms with van der Waals surface area (Å²) >= 11 is 9.20. The third-order valence-corrected chi connectivity index (χ3v) is 3.41. The fourth-order valence-electron chi connectivity index (χ4n) is 1.69. The van der Waals surface area contributed by atoms with Gasteiger partial charge in [0.15, 0.2) is 12.7 Å². The van der Waals surface area contributed by atoms with Crippen LogP contribution in [-0.4, -0.2) is 16.5 Å². The molecule has 0 spiro atoms. The molecule has 84 valence electrons. The van der Waals surface area contributed by atoms with E-state index in [1.807, 2.05) is 41.1 Å². The number of pyridine rings is 1. The number of fused-ring (bicyclic) bond motifs is 1. The summed E-state index contributed by atoms with van der Waals surface area (Å²) in [5.74, 6) is 0. The van der Waals surface area contributed by atoms with Gasteiger partial charge >= 0.3 is 0 Å². The Balaban J connectivity index is 2.45. The molecule has 2 nitrogen and oxygen atoms in total. The molecule has 0 fully saturated rings. The van der Waals surface area contributed by atoms with Crippen LogP contribution in [0.25, 0.3) is 10.9 Å². The molecule has 0 aliphatic rings. The molecule has 0 unspecified atom stereocenters. The summed E-state index contributed by atoms with van der Waals surface area (Å²) in [5, 5.41) is 12.0. The van der Waals surface area contributed by atoms with Crippen molar-refractivity contribution in [3.63, 3.8) is 0 Å². The second-order valence-corrected chi connectivity index (χ2v) is 4.76. The number of hydrogen-bond acceptors (Lipinski definition) is 1. The van der Waals surface area contributed by atoms with Gasteiger partial charge in [0, 0.05) is 27.9 Å². The smallest absolute Gasteiger partial charge is 0.212 e. The SMILES string of the molecule is O[C@H](CBr)C[n+]1cccc2cc(Cl)ccc21. The summed E-state index contributed by atoms with van der Waals surface area (Å²) in [6.07, 6.45) is 1.58. The number of nitrogens with zero attached hydrogens (tertiary/aromatic N) is 1. The van der Waals surface area contributed by atoms with Gasteiger partial charge in [0.05, 0.1) is 0 Å². The Bertz CT molecular complexity index is 503. The first-order valence-corrected chi connectivity index (χ1v) is 6.52. The highest BCUT2D eigenvalue weighted by atomic mass is 79.9. The molecule has 16 heavy (non-hydrogen) atoms. The van der Waals surface area contributed by atoms with Crippen molar-refractivity contribution in [1.82, 2.24) is 0 Å². The van der Waals surface area contributed by atoms with E-state index in [2.05, 4.69) is 15.9 Å². The van der Waals surface area contributed by atoms with Crippen molar-refractivity contribution in [2.24, 2.45) is 0 Å². The molecule has 4 heteroatoms. The topological polar surface area (TPSA) is 24.1 Å². The third kappa shape index (κ3) is 2.54. The fraction of sp³-hybridized carbons (Fsp3) is 0.250. The molecule has 0 amide bonds. The maximum Gasteiger partial charge on any atom is 0.212 e. The first kappa shape index (κ1) is 11.8. The molecule has 0 saturated carbocycles. The van der Waals surface area contributed by atoms with Crippen LogP contribution >= 0.6 is 27.5 Å². The molecule has 1 aromatic carbocycles. The van der Waals surface area contributed by atoms with Crippen LogP contribution in [0.2, 0.25) is 5.02 Å². The number of aliphatic hydroxyl groups excluding tert-OH is 1. The van der Waals surface area contributed by atoms with Crippen LogP contribution in [0.4, 0.5) is 0 Å². The molecule has 0 saturated heterocycles. The molecular weight excluding hydrogens is 289 g/mol. The lowest BCUT2D eigenvalue weighted by molar-refractivity contribution is -0.677. The van der Waals surface area contributed by atoms with Crippen molar-refractivity contribution in [3.05, 3.63) is 41.6 Å². The quantitative estimate of drug-likeness (QED) is 0.684. The zero-order chi connectivity index (χ0) is 11.5. The lowest BCUT2D eigenvalue weighted by Gasteiger charge is -2.05. The minimum atomic E-state index is -0.383. The number of rotatable bonds is 3. The number of aliphatic hydroxyl groups is 1. The maximum atomic E-state index is 9.63. The molecule has 0 radical (unpaired) electrons. The monoisotopic (exact) mass is 300 g/mol. The Kier molecular flexibility index (Phi) is 3.79. The Hall–Kier alpha value is -0.640. The van der Waals surface area contributed by atoms with E-state index in [1.54, 1.807) is 0 Å². The van der Waals surface area contributed by atoms with Gasteiger partial charge < -0.3 is 5.11 Å². The summed E-state index contributed by atoms with van der Waals surface area (Å²) in [7, 11) is 0. The second-order valence-electron chi connectivity index (χ2n) is 3.67. The summed E-state index contributed by atoms with van der Waals surface area (Å²) in [6, 6.07) is 9.73. The highest BCUT2D eigenvalue weighted by molar-refractivity contribution is 9.09. The average Bonchev–Trinajstić information content (AvgIpc) is 2.28. The Morgan fingerprint density at radius 1 is 1.38 bits per heavy atom. The van der Waals surface area contributed by atoms with E-state index < -0.39 is 0 Å². The van der Waals surface area contributed by atoms with Crippen LogP contribution < -0.4 is 4.57 Å². The van der Waals surface area contributed by atoms with E-state index in [-0.39, 0.29) is 6.10 Å². The zero-order valence-corrected chi connectivity index (χ0v) is 10.9. The minimum Gasteiger partial charge on any atom is -0.386 e. The van der Waals surface area contributed by atoms with Gasteiger partial charge in [-0.2, -0.15) is 4.57 Å². The molecule has 0 aliphatic heterocycles. The van der Waals surface area contributed by atoms with Gasteiger partial charge in [0.1, 0.15) is 6.10 Å². The van der Waals surface area contributed by atoms with Crippen LogP contribution in [0.15, 0.2) is 36.5 Å². The number of hydrogen-bond donors (Lipinski definition) is 1. The van der Waals surface area contributed by atoms with Crippen molar-refractivity contribution in [3.8, 4) is 0 Å². The zero-order valence-electron chi connectivity index (χ0n) is 8.61. The largest absolute Gasteiger partial charge is 0.386 e. The molecule has 1 N–H and O–H groups in total. The summed E-state index contributed by atoms with van der Waals surface area (Å²) in [4.78, 5) is 0. The van der Waals surface area contributed by atoms with E-state index in [9.17, 15) is 5.11 Å². The van der Waals surface area contributed by atoms with Gasteiger partial charge in [-0.15, -0.1) is 0 Å². The molecule has 1 atom stereocenters. The van der Waals surface area contributed by atoms with Gasteiger partial charge in [-0.3, -0.25) is 0 Å². The molecule has 0 bridgehead atoms. The van der Waals surface area contributed by atoms with E-state index in [0.717, 1.165) is 15.9 Å². The Labute approximate surface area is 108 Å². The Morgan fingerprint density at radius 2 is 2.19 bits per heavy atom. The van der Waals surface area contributed by atoms with Gasteiger partial charge in [0.2, 0.25) is 5.52 Å². The standard InChI is InChI=1S/C12H12BrClNO/c13-7-11(16)8-15-5-1-2-9-6-10(14)3-4-12(9)15/h1-6,11,16H,7-8H2/q+1/t11-/m1/s1. The minimum absolute atomic E-state index is 0.383. The van der Waals surface area contributed by atoms with Crippen molar-refractivity contribution in [2.75, 3.05) is 5.33 Å². The van der Waals surface area contributed by atoms with Crippen molar-refractivity contribution in [1.29, 1.82) is 0 Å². The van der Waals surface area contributed by atoms with E-state index in [1.165, 1.54) is 0 Å². The van der Waals surface area contributed by atoms with Crippen molar-refractivity contribution < 1.29 is 9.67 Å². The third-order valence-electron chi connectivity index (χ3n) is 2.43. The van der Waals surface area contributed by atoms with E-state index >= 15 is 0 Å². The van der Waals surface area contributed by atoms with Crippen LogP contribution in [0, 0.1) is 0 Å². The van der Waals surface area contributed by atoms with Crippen LogP contribution in [0.1, 0.15) is 0 Å². The molecule has 2 rings (SSSR count). The second kappa shape index (κ2) is 5.13. The summed E-state index contributed by atoms with van der Waals surface area (Å²) in [5.41, 5.74) is 1.08. The van der Waals surface area contributed by atoms with Gasteiger partial charge in [-0.1, -0.05) is 27.5 Å². The normalized spacial score (nSPS) is 12.9. The summed E-state index contributed by atoms with van der Waals surface area (Å²) in [6.45, 7) is 0.574. The highest BCUT2D eigenvalue weighted by Crippen LogP contribution is 2.16. The van der Waals surface area contributed by atoms with Crippen molar-refractivity contribution >= 4 is 38.4 Å². The average molecular weight is 302 g/mol. The number of benzene rings is 1. The number of aromatic nitrogens is 1. The lowest BCUT2D eigenvalue weighted by Crippen LogP contribution is -2.40. The van der Waals surface area contributed by atoms with Crippen LogP contribution in [0.3, 0.4) is 0 Å². The molecule has 1 aromatic heterocycles. The van der Waals surface area contributed by atoms with Crippen molar-refractivity contribution in [2.45, 2.75) is 12.6 Å². The first-order chi connectivity index (χ1) is 7.70. The Morgan fingerprint density at radius 3 is 2.94 bits per heavy atom. The molecule has 2 aromatic rings. The molecular formula is C12H12BrClNO+. The predicted molar refractivity (Wildman–Crippen MR) is 69.0 cm³/mol. The van der Waals surface area contributed by atoms with Gasteiger partial charge in [-0.25, -0.2) is 0 Å². The maximum absolute atomic E-state index is 9.63. The first-order valence-electron chi connectivity index (χ1n) is 5.02. The van der Waals surface area contributed by atoms with Crippen LogP contribution in [-0.2, 0) is 6.54 Å². The van der Waals surface area contributed by atoms with E-state index in [0.29, 0.717) is 11.9 Å². The van der Waals surface area contributed by atoms with E-state index in [4.69, 9.17) is 11.6 Å². The molecule has 1 heterocycles. The van der Waals surface area contributed by atoms with Gasteiger partial charge in [0.25, 0.3) is 0 Å². The fourth-order valence-corrected chi connectivity index (χ4v) is 2.07. The summed E-state index contributed by atoms with van der Waals surface area (Å²) < 4.78 is 2.03. The molecule has 0 aliphatic carbocycles. The number of alkyl halides is 1. The lowest BCUT2D eigenvalue weighted by atomic mass is 10.2. The predicted octanol–water partition coefficient (Wildman–Crippen LogP) is 2.54. The highest BCUT2D eigenvalue weighted by Gasteiger charge is 2.13. The van der Waals surface area contributed by atoms with Crippen LogP contribution in [0.5, 0.6) is 0 Å². The number of halogens is 2.